The number of hydrogen-bond acceptors (Lipinski definition) is 3. The zero-order chi connectivity index (χ0) is 14.4. The fourth-order valence-corrected chi connectivity index (χ4v) is 3.40. The van der Waals surface area contributed by atoms with Gasteiger partial charge in [-0.15, -0.1) is 0 Å². The summed E-state index contributed by atoms with van der Waals surface area (Å²) in [4.78, 5) is 11.9. The maximum absolute atomic E-state index is 11.9. The van der Waals surface area contributed by atoms with Crippen LogP contribution in [0.2, 0.25) is 0 Å². The minimum absolute atomic E-state index is 0.222. The molecule has 4 nitrogen and oxygen atoms in total. The Morgan fingerprint density at radius 3 is 2.65 bits per heavy atom. The number of rotatable bonds is 8. The largest absolute Gasteiger partial charge is 0.381 e. The topological polar surface area (TPSA) is 50.4 Å². The summed E-state index contributed by atoms with van der Waals surface area (Å²) < 4.78 is 5.50. The number of fused-ring (bicyclic) bond motifs is 2. The van der Waals surface area contributed by atoms with Gasteiger partial charge in [-0.1, -0.05) is 13.8 Å². The average Bonchev–Trinajstić information content (AvgIpc) is 2.72. The first-order chi connectivity index (χ1) is 9.63. The number of ether oxygens (including phenoxy) is 1. The molecular formula is C16H30N2O2. The summed E-state index contributed by atoms with van der Waals surface area (Å²) in [6.45, 7) is 6.60. The molecule has 2 N–H and O–H groups in total. The second-order valence-corrected chi connectivity index (χ2v) is 6.85. The Bertz CT molecular complexity index is 295. The number of carbonyl (C=O) groups is 1. The molecule has 0 spiro atoms. The molecule has 2 saturated heterocycles. The number of nitrogens with one attached hydrogen (secondary N) is 2. The Hall–Kier alpha value is -0.610. The summed E-state index contributed by atoms with van der Waals surface area (Å²) in [5, 5.41) is 6.65. The standard InChI is InChI=1S/C16H30N2O2/c1-12(2)11-20-7-3-6-17-16(19)10-13-8-14-4-5-15(9-13)18-14/h12-15,18H,3-11H2,1-2H3,(H,17,19). The van der Waals surface area contributed by atoms with E-state index in [1.54, 1.807) is 0 Å². The monoisotopic (exact) mass is 282 g/mol. The van der Waals surface area contributed by atoms with E-state index in [0.29, 0.717) is 30.3 Å². The number of piperidine rings is 1. The highest BCUT2D eigenvalue weighted by Gasteiger charge is 2.33. The van der Waals surface area contributed by atoms with E-state index >= 15 is 0 Å². The molecule has 2 heterocycles. The van der Waals surface area contributed by atoms with Gasteiger partial charge in [0.2, 0.25) is 5.91 Å². The summed E-state index contributed by atoms with van der Waals surface area (Å²) in [6.07, 6.45) is 6.59. The molecule has 2 rings (SSSR count). The minimum Gasteiger partial charge on any atom is -0.381 e. The molecule has 2 aliphatic rings. The molecule has 2 unspecified atom stereocenters. The third kappa shape index (κ3) is 5.41. The van der Waals surface area contributed by atoms with E-state index < -0.39 is 0 Å². The van der Waals surface area contributed by atoms with Crippen molar-refractivity contribution < 1.29 is 9.53 Å². The first-order valence-electron chi connectivity index (χ1n) is 8.24. The van der Waals surface area contributed by atoms with Gasteiger partial charge in [-0.25, -0.2) is 0 Å². The van der Waals surface area contributed by atoms with Crippen LogP contribution in [0.5, 0.6) is 0 Å². The van der Waals surface area contributed by atoms with Gasteiger partial charge in [0.1, 0.15) is 0 Å². The van der Waals surface area contributed by atoms with Crippen molar-refractivity contribution in [3.05, 3.63) is 0 Å². The quantitative estimate of drug-likeness (QED) is 0.670. The van der Waals surface area contributed by atoms with Gasteiger partial charge in [0, 0.05) is 38.3 Å². The molecule has 0 aromatic carbocycles. The Morgan fingerprint density at radius 1 is 1.30 bits per heavy atom. The van der Waals surface area contributed by atoms with Gasteiger partial charge in [-0.3, -0.25) is 4.79 Å². The lowest BCUT2D eigenvalue weighted by Gasteiger charge is -2.28. The number of carbonyl (C=O) groups excluding carboxylic acids is 1. The summed E-state index contributed by atoms with van der Waals surface area (Å²) in [5.74, 6) is 1.39. The smallest absolute Gasteiger partial charge is 0.220 e. The molecule has 2 atom stereocenters. The van der Waals surface area contributed by atoms with Crippen LogP contribution in [-0.4, -0.2) is 37.7 Å². The van der Waals surface area contributed by atoms with Crippen LogP contribution in [0.25, 0.3) is 0 Å². The maximum atomic E-state index is 11.9. The molecule has 0 aliphatic carbocycles. The molecule has 0 radical (unpaired) electrons. The highest BCUT2D eigenvalue weighted by molar-refractivity contribution is 5.76. The summed E-state index contributed by atoms with van der Waals surface area (Å²) in [5.41, 5.74) is 0. The third-order valence-electron chi connectivity index (χ3n) is 4.28. The van der Waals surface area contributed by atoms with Gasteiger partial charge in [0.05, 0.1) is 0 Å². The van der Waals surface area contributed by atoms with Crippen molar-refractivity contribution in [3.8, 4) is 0 Å². The van der Waals surface area contributed by atoms with E-state index in [9.17, 15) is 4.79 Å². The van der Waals surface area contributed by atoms with Crippen molar-refractivity contribution in [1.29, 1.82) is 0 Å². The van der Waals surface area contributed by atoms with Crippen molar-refractivity contribution >= 4 is 5.91 Å². The van der Waals surface area contributed by atoms with Crippen molar-refractivity contribution in [2.24, 2.45) is 11.8 Å². The molecule has 0 saturated carbocycles. The molecule has 20 heavy (non-hydrogen) atoms. The van der Waals surface area contributed by atoms with E-state index in [4.69, 9.17) is 4.74 Å². The Labute approximate surface area is 123 Å². The predicted molar refractivity (Wildman–Crippen MR) is 80.6 cm³/mol. The molecule has 1 amide bonds. The van der Waals surface area contributed by atoms with E-state index in [1.807, 2.05) is 0 Å². The van der Waals surface area contributed by atoms with Gasteiger partial charge in [-0.2, -0.15) is 0 Å². The van der Waals surface area contributed by atoms with Crippen LogP contribution in [0.15, 0.2) is 0 Å². The van der Waals surface area contributed by atoms with Crippen molar-refractivity contribution in [2.75, 3.05) is 19.8 Å². The van der Waals surface area contributed by atoms with E-state index in [0.717, 1.165) is 26.2 Å². The minimum atomic E-state index is 0.222. The van der Waals surface area contributed by atoms with E-state index in [1.165, 1.54) is 25.7 Å². The van der Waals surface area contributed by atoms with E-state index in [-0.39, 0.29) is 5.91 Å². The predicted octanol–water partition coefficient (Wildman–Crippen LogP) is 2.09. The molecule has 2 aliphatic heterocycles. The van der Waals surface area contributed by atoms with Crippen molar-refractivity contribution in [1.82, 2.24) is 10.6 Å². The van der Waals surface area contributed by atoms with Crippen LogP contribution in [-0.2, 0) is 9.53 Å². The van der Waals surface area contributed by atoms with E-state index in [2.05, 4.69) is 24.5 Å². The van der Waals surface area contributed by atoms with Crippen LogP contribution in [0, 0.1) is 11.8 Å². The summed E-state index contributed by atoms with van der Waals surface area (Å²) >= 11 is 0. The zero-order valence-electron chi connectivity index (χ0n) is 13.0. The SMILES string of the molecule is CC(C)COCCCNC(=O)CC1CC2CCC(C1)N2. The average molecular weight is 282 g/mol. The molecule has 4 heteroatoms. The lowest BCUT2D eigenvalue weighted by atomic mass is 9.89. The van der Waals surface area contributed by atoms with Crippen LogP contribution in [0.3, 0.4) is 0 Å². The maximum Gasteiger partial charge on any atom is 0.220 e. The fraction of sp³-hybridized carbons (Fsp3) is 0.938. The lowest BCUT2D eigenvalue weighted by molar-refractivity contribution is -0.122. The number of amides is 1. The fourth-order valence-electron chi connectivity index (χ4n) is 3.40. The van der Waals surface area contributed by atoms with Gasteiger partial charge >= 0.3 is 0 Å². The Balaban J connectivity index is 1.50. The van der Waals surface area contributed by atoms with Gasteiger partial charge in [0.15, 0.2) is 0 Å². The lowest BCUT2D eigenvalue weighted by Crippen LogP contribution is -2.39. The van der Waals surface area contributed by atoms with Crippen LogP contribution >= 0.6 is 0 Å². The van der Waals surface area contributed by atoms with Crippen molar-refractivity contribution in [2.45, 2.75) is 64.5 Å². The molecule has 2 bridgehead atoms. The molecule has 0 aromatic heterocycles. The summed E-state index contributed by atoms with van der Waals surface area (Å²) in [6, 6.07) is 1.35. The van der Waals surface area contributed by atoms with Gasteiger partial charge in [-0.05, 0) is 43.9 Å². The zero-order valence-corrected chi connectivity index (χ0v) is 13.0. The first kappa shape index (κ1) is 15.8. The molecular weight excluding hydrogens is 252 g/mol. The third-order valence-corrected chi connectivity index (χ3v) is 4.28. The highest BCUT2D eigenvalue weighted by atomic mass is 16.5. The second-order valence-electron chi connectivity index (χ2n) is 6.85. The normalized spacial score (nSPS) is 28.9. The highest BCUT2D eigenvalue weighted by Crippen LogP contribution is 2.32. The summed E-state index contributed by atoms with van der Waals surface area (Å²) in [7, 11) is 0. The molecule has 116 valence electrons. The van der Waals surface area contributed by atoms with Crippen LogP contribution < -0.4 is 10.6 Å². The molecule has 0 aromatic rings. The van der Waals surface area contributed by atoms with Gasteiger partial charge < -0.3 is 15.4 Å². The van der Waals surface area contributed by atoms with Crippen LogP contribution in [0.4, 0.5) is 0 Å². The second kappa shape index (κ2) is 7.99. The Kier molecular flexibility index (Phi) is 6.30. The first-order valence-corrected chi connectivity index (χ1v) is 8.24. The molecule has 2 fully saturated rings. The van der Waals surface area contributed by atoms with Gasteiger partial charge in [0.25, 0.3) is 0 Å². The number of hydrogen-bond donors (Lipinski definition) is 2. The Morgan fingerprint density at radius 2 is 2.00 bits per heavy atom. The van der Waals surface area contributed by atoms with Crippen molar-refractivity contribution in [3.63, 3.8) is 0 Å². The van der Waals surface area contributed by atoms with Crippen LogP contribution in [0.1, 0.15) is 52.4 Å².